The molecule has 0 unspecified atom stereocenters. The molecular weight excluding hydrogens is 310 g/mol. The number of benzene rings is 2. The summed E-state index contributed by atoms with van der Waals surface area (Å²) in [5.41, 5.74) is -1.31. The number of aliphatic hydroxyl groups excluding tert-OH is 2. The third-order valence-corrected chi connectivity index (χ3v) is 4.61. The standard InChI is InChI=1S/C18H19NO5/c1-19-15(14(21)11-6-5-9-13(20)10-11)18(24,16(22)17(19)23)12-7-3-2-4-8-12/h2-10,14-16,20-22,24H,1H3/t14-,15+,16-,18+/m1/s1. The Bertz CT molecular complexity index is 750. The number of likely N-dealkylation sites (N-methyl/N-ethyl adjacent to an activating group) is 1. The minimum Gasteiger partial charge on any atom is -0.508 e. The van der Waals surface area contributed by atoms with Crippen LogP contribution in [0.4, 0.5) is 0 Å². The lowest BCUT2D eigenvalue weighted by Gasteiger charge is -2.36. The van der Waals surface area contributed by atoms with Crippen LogP contribution in [0.5, 0.6) is 5.75 Å². The zero-order valence-corrected chi connectivity index (χ0v) is 13.1. The number of hydrogen-bond donors (Lipinski definition) is 4. The van der Waals surface area contributed by atoms with Crippen LogP contribution in [0.3, 0.4) is 0 Å². The van der Waals surface area contributed by atoms with Crippen molar-refractivity contribution in [2.24, 2.45) is 0 Å². The summed E-state index contributed by atoms with van der Waals surface area (Å²) in [6.45, 7) is 0. The van der Waals surface area contributed by atoms with Crippen molar-refractivity contribution in [3.05, 3.63) is 65.7 Å². The lowest BCUT2D eigenvalue weighted by atomic mass is 9.80. The van der Waals surface area contributed by atoms with E-state index in [9.17, 15) is 25.2 Å². The van der Waals surface area contributed by atoms with Gasteiger partial charge in [-0.3, -0.25) is 4.79 Å². The maximum Gasteiger partial charge on any atom is 0.255 e. The second-order valence-electron chi connectivity index (χ2n) is 6.03. The number of rotatable bonds is 3. The summed E-state index contributed by atoms with van der Waals surface area (Å²) in [6, 6.07) is 13.2. The number of nitrogens with zero attached hydrogens (tertiary/aromatic N) is 1. The molecule has 1 saturated heterocycles. The monoisotopic (exact) mass is 329 g/mol. The van der Waals surface area contributed by atoms with Gasteiger partial charge < -0.3 is 25.3 Å². The Morgan fingerprint density at radius 3 is 2.42 bits per heavy atom. The number of aromatic hydroxyl groups is 1. The zero-order chi connectivity index (χ0) is 17.5. The number of carbonyl (C=O) groups excluding carboxylic acids is 1. The second kappa shape index (κ2) is 5.90. The fourth-order valence-corrected chi connectivity index (χ4v) is 3.35. The number of amides is 1. The SMILES string of the molecule is CN1C(=O)[C@@H](O)[C@](O)(c2ccccc2)[C@@H]1[C@H](O)c1cccc(O)c1. The Morgan fingerprint density at radius 1 is 1.12 bits per heavy atom. The molecule has 1 heterocycles. The van der Waals surface area contributed by atoms with Crippen molar-refractivity contribution in [3.8, 4) is 5.75 Å². The van der Waals surface area contributed by atoms with E-state index >= 15 is 0 Å². The van der Waals surface area contributed by atoms with E-state index in [1.54, 1.807) is 42.5 Å². The summed E-state index contributed by atoms with van der Waals surface area (Å²) >= 11 is 0. The molecule has 0 aromatic heterocycles. The molecule has 0 saturated carbocycles. The van der Waals surface area contributed by atoms with Crippen molar-refractivity contribution < 1.29 is 25.2 Å². The molecule has 24 heavy (non-hydrogen) atoms. The van der Waals surface area contributed by atoms with Crippen LogP contribution in [0.2, 0.25) is 0 Å². The van der Waals surface area contributed by atoms with Crippen LogP contribution < -0.4 is 0 Å². The minimum atomic E-state index is -1.97. The largest absolute Gasteiger partial charge is 0.508 e. The molecule has 0 spiro atoms. The summed E-state index contributed by atoms with van der Waals surface area (Å²) in [7, 11) is 1.42. The van der Waals surface area contributed by atoms with Crippen molar-refractivity contribution >= 4 is 5.91 Å². The van der Waals surface area contributed by atoms with Gasteiger partial charge in [-0.2, -0.15) is 0 Å². The van der Waals surface area contributed by atoms with Crippen molar-refractivity contribution in [3.63, 3.8) is 0 Å². The molecule has 6 heteroatoms. The van der Waals surface area contributed by atoms with E-state index in [4.69, 9.17) is 0 Å². The number of aliphatic hydroxyl groups is 3. The van der Waals surface area contributed by atoms with Gasteiger partial charge in [0.25, 0.3) is 5.91 Å². The summed E-state index contributed by atoms with van der Waals surface area (Å²) < 4.78 is 0. The molecule has 6 nitrogen and oxygen atoms in total. The smallest absolute Gasteiger partial charge is 0.255 e. The van der Waals surface area contributed by atoms with Crippen LogP contribution in [0, 0.1) is 0 Å². The third-order valence-electron chi connectivity index (χ3n) is 4.61. The fourth-order valence-electron chi connectivity index (χ4n) is 3.35. The third kappa shape index (κ3) is 2.36. The molecule has 1 aliphatic rings. The highest BCUT2D eigenvalue weighted by Crippen LogP contribution is 2.43. The van der Waals surface area contributed by atoms with Crippen molar-refractivity contribution in [1.29, 1.82) is 0 Å². The van der Waals surface area contributed by atoms with Gasteiger partial charge in [-0.05, 0) is 23.3 Å². The van der Waals surface area contributed by atoms with Gasteiger partial charge in [-0.15, -0.1) is 0 Å². The average Bonchev–Trinajstić information content (AvgIpc) is 2.77. The van der Waals surface area contributed by atoms with Gasteiger partial charge in [-0.1, -0.05) is 42.5 Å². The molecule has 0 bridgehead atoms. The Balaban J connectivity index is 2.10. The molecule has 4 atom stereocenters. The maximum atomic E-state index is 12.3. The molecule has 0 aliphatic carbocycles. The van der Waals surface area contributed by atoms with Gasteiger partial charge in [0.15, 0.2) is 6.10 Å². The predicted molar refractivity (Wildman–Crippen MR) is 86.0 cm³/mol. The van der Waals surface area contributed by atoms with E-state index in [0.29, 0.717) is 11.1 Å². The molecule has 1 aliphatic heterocycles. The molecule has 2 aromatic carbocycles. The van der Waals surface area contributed by atoms with Gasteiger partial charge in [0, 0.05) is 7.05 Å². The van der Waals surface area contributed by atoms with Gasteiger partial charge in [-0.25, -0.2) is 0 Å². The van der Waals surface area contributed by atoms with Gasteiger partial charge in [0.2, 0.25) is 0 Å². The van der Waals surface area contributed by atoms with E-state index < -0.39 is 29.8 Å². The molecule has 2 aromatic rings. The van der Waals surface area contributed by atoms with Crippen molar-refractivity contribution in [2.45, 2.75) is 23.9 Å². The zero-order valence-electron chi connectivity index (χ0n) is 13.1. The van der Waals surface area contributed by atoms with E-state index in [0.717, 1.165) is 4.90 Å². The van der Waals surface area contributed by atoms with Crippen LogP contribution >= 0.6 is 0 Å². The number of phenols is 1. The summed E-state index contributed by atoms with van der Waals surface area (Å²) in [4.78, 5) is 13.4. The minimum absolute atomic E-state index is 0.0395. The highest BCUT2D eigenvalue weighted by molar-refractivity contribution is 5.86. The second-order valence-corrected chi connectivity index (χ2v) is 6.03. The van der Waals surface area contributed by atoms with Crippen LogP contribution in [-0.4, -0.2) is 50.4 Å². The molecule has 4 N–H and O–H groups in total. The molecule has 3 rings (SSSR count). The first kappa shape index (κ1) is 16.4. The first-order valence-electron chi connectivity index (χ1n) is 7.57. The predicted octanol–water partition coefficient (Wildman–Crippen LogP) is 0.515. The molecular formula is C18H19NO5. The Morgan fingerprint density at radius 2 is 1.79 bits per heavy atom. The first-order valence-corrected chi connectivity index (χ1v) is 7.57. The summed E-state index contributed by atoms with van der Waals surface area (Å²) in [5.74, 6) is -0.715. The number of hydrogen-bond acceptors (Lipinski definition) is 5. The van der Waals surface area contributed by atoms with E-state index in [1.807, 2.05) is 0 Å². The van der Waals surface area contributed by atoms with Crippen molar-refractivity contribution in [1.82, 2.24) is 4.90 Å². The maximum absolute atomic E-state index is 12.3. The lowest BCUT2D eigenvalue weighted by molar-refractivity contribution is -0.138. The molecule has 126 valence electrons. The Kier molecular flexibility index (Phi) is 4.04. The van der Waals surface area contributed by atoms with Crippen LogP contribution in [0.15, 0.2) is 54.6 Å². The summed E-state index contributed by atoms with van der Waals surface area (Å²) in [6.07, 6.45) is -2.99. The van der Waals surface area contributed by atoms with E-state index in [1.165, 1.54) is 19.2 Å². The highest BCUT2D eigenvalue weighted by atomic mass is 16.4. The summed E-state index contributed by atoms with van der Waals surface area (Å²) in [5, 5.41) is 41.9. The van der Waals surface area contributed by atoms with Crippen LogP contribution in [0.1, 0.15) is 17.2 Å². The molecule has 0 radical (unpaired) electrons. The number of carbonyl (C=O) groups is 1. The Labute approximate surface area is 139 Å². The highest BCUT2D eigenvalue weighted by Gasteiger charge is 2.60. The normalized spacial score (nSPS) is 28.2. The molecule has 1 fully saturated rings. The van der Waals surface area contributed by atoms with Gasteiger partial charge in [0.05, 0.1) is 6.04 Å². The number of likely N-dealkylation sites (tertiary alicyclic amines) is 1. The fraction of sp³-hybridized carbons (Fsp3) is 0.278. The van der Waals surface area contributed by atoms with E-state index in [2.05, 4.69) is 0 Å². The molecule has 1 amide bonds. The topological polar surface area (TPSA) is 101 Å². The van der Waals surface area contributed by atoms with Crippen LogP contribution in [-0.2, 0) is 10.4 Å². The quantitative estimate of drug-likeness (QED) is 0.657. The Hall–Kier alpha value is -2.41. The van der Waals surface area contributed by atoms with Crippen molar-refractivity contribution in [2.75, 3.05) is 7.05 Å². The van der Waals surface area contributed by atoms with Gasteiger partial charge >= 0.3 is 0 Å². The van der Waals surface area contributed by atoms with Crippen LogP contribution in [0.25, 0.3) is 0 Å². The number of phenolic OH excluding ortho intramolecular Hbond substituents is 1. The average molecular weight is 329 g/mol. The van der Waals surface area contributed by atoms with E-state index in [-0.39, 0.29) is 5.75 Å². The lowest BCUT2D eigenvalue weighted by Crippen LogP contribution is -2.49. The van der Waals surface area contributed by atoms with Gasteiger partial charge in [0.1, 0.15) is 17.5 Å². The first-order chi connectivity index (χ1) is 11.4.